The largest absolute Gasteiger partial charge is 0.490 e. The summed E-state index contributed by atoms with van der Waals surface area (Å²) in [5, 5.41) is 0. The van der Waals surface area contributed by atoms with Crippen molar-refractivity contribution in [1.29, 1.82) is 0 Å². The Labute approximate surface area is 167 Å². The average Bonchev–Trinajstić information content (AvgIpc) is 2.70. The number of likely N-dealkylation sites (tertiary alicyclic amines) is 1. The molecule has 1 fully saturated rings. The van der Waals surface area contributed by atoms with Gasteiger partial charge in [0.25, 0.3) is 0 Å². The summed E-state index contributed by atoms with van der Waals surface area (Å²) in [7, 11) is 0. The molecule has 0 bridgehead atoms. The van der Waals surface area contributed by atoms with Gasteiger partial charge < -0.3 is 9.64 Å². The molecule has 2 aromatic carbocycles. The summed E-state index contributed by atoms with van der Waals surface area (Å²) in [6, 6.07) is 13.8. The second kappa shape index (κ2) is 9.05. The number of amides is 1. The number of Topliss-reactive ketones (excluding diaryl/α,β-unsaturated/α-hetero) is 1. The smallest absolute Gasteiger partial charge is 0.223 e. The summed E-state index contributed by atoms with van der Waals surface area (Å²) >= 11 is 0. The summed E-state index contributed by atoms with van der Waals surface area (Å²) < 4.78 is 6.17. The van der Waals surface area contributed by atoms with Gasteiger partial charge in [-0.25, -0.2) is 0 Å². The lowest BCUT2D eigenvalue weighted by atomic mass is 10.0. The molecule has 3 rings (SSSR count). The van der Waals surface area contributed by atoms with E-state index >= 15 is 0 Å². The van der Waals surface area contributed by atoms with Crippen LogP contribution in [0, 0.1) is 20.8 Å². The predicted molar refractivity (Wildman–Crippen MR) is 111 cm³/mol. The number of rotatable bonds is 6. The molecule has 0 radical (unpaired) electrons. The number of benzene rings is 2. The number of carbonyl (C=O) groups excluding carboxylic acids is 2. The van der Waals surface area contributed by atoms with E-state index in [9.17, 15) is 9.59 Å². The third-order valence-electron chi connectivity index (χ3n) is 5.37. The van der Waals surface area contributed by atoms with Gasteiger partial charge in [-0.15, -0.1) is 0 Å². The monoisotopic (exact) mass is 379 g/mol. The van der Waals surface area contributed by atoms with E-state index in [0.717, 1.165) is 29.7 Å². The van der Waals surface area contributed by atoms with E-state index < -0.39 is 0 Å². The Morgan fingerprint density at radius 2 is 1.57 bits per heavy atom. The Morgan fingerprint density at radius 1 is 0.929 bits per heavy atom. The normalized spacial score (nSPS) is 14.8. The molecule has 0 spiro atoms. The van der Waals surface area contributed by atoms with Crippen molar-refractivity contribution in [2.45, 2.75) is 52.6 Å². The number of ether oxygens (including phenoxy) is 1. The highest BCUT2D eigenvalue weighted by molar-refractivity contribution is 5.97. The minimum absolute atomic E-state index is 0.0292. The molecule has 1 aliphatic heterocycles. The van der Waals surface area contributed by atoms with Crippen LogP contribution in [0.5, 0.6) is 5.75 Å². The third kappa shape index (κ3) is 5.22. The zero-order chi connectivity index (χ0) is 20.1. The number of hydrogen-bond acceptors (Lipinski definition) is 3. The number of hydrogen-bond donors (Lipinski definition) is 0. The Balaban J connectivity index is 1.45. The first-order valence-corrected chi connectivity index (χ1v) is 10.0. The van der Waals surface area contributed by atoms with Crippen LogP contribution in [-0.4, -0.2) is 35.8 Å². The van der Waals surface area contributed by atoms with Gasteiger partial charge in [-0.1, -0.05) is 42.0 Å². The standard InChI is InChI=1S/C24H29NO3/c1-17-5-8-20(9-6-17)22(26)10-11-24(27)25-14-12-21(13-15-25)28-23-16-18(2)4-7-19(23)3/h4-9,16,21H,10-15H2,1-3H3. The SMILES string of the molecule is Cc1ccc(C(=O)CCC(=O)N2CCC(Oc3cc(C)ccc3C)CC2)cc1. The first kappa shape index (κ1) is 20.1. The first-order chi connectivity index (χ1) is 13.4. The molecule has 0 saturated carbocycles. The van der Waals surface area contributed by atoms with Gasteiger partial charge in [0.1, 0.15) is 11.9 Å². The van der Waals surface area contributed by atoms with E-state index in [0.29, 0.717) is 18.7 Å². The Morgan fingerprint density at radius 3 is 2.25 bits per heavy atom. The first-order valence-electron chi connectivity index (χ1n) is 10.0. The Bertz CT molecular complexity index is 833. The molecule has 0 atom stereocenters. The van der Waals surface area contributed by atoms with Crippen LogP contribution in [0.25, 0.3) is 0 Å². The fourth-order valence-electron chi connectivity index (χ4n) is 3.50. The molecule has 0 aliphatic carbocycles. The highest BCUT2D eigenvalue weighted by atomic mass is 16.5. The third-order valence-corrected chi connectivity index (χ3v) is 5.37. The van der Waals surface area contributed by atoms with Gasteiger partial charge in [0, 0.05) is 44.3 Å². The molecule has 2 aromatic rings. The van der Waals surface area contributed by atoms with E-state index in [1.807, 2.05) is 36.1 Å². The predicted octanol–water partition coefficient (Wildman–Crippen LogP) is 4.64. The summed E-state index contributed by atoms with van der Waals surface area (Å²) in [5.74, 6) is 1.03. The van der Waals surface area contributed by atoms with E-state index in [1.165, 1.54) is 5.56 Å². The molecule has 4 heteroatoms. The minimum atomic E-state index is 0.0292. The van der Waals surface area contributed by atoms with E-state index in [1.54, 1.807) is 0 Å². The molecule has 148 valence electrons. The number of carbonyl (C=O) groups is 2. The summed E-state index contributed by atoms with van der Waals surface area (Å²) in [4.78, 5) is 26.6. The lowest BCUT2D eigenvalue weighted by Gasteiger charge is -2.32. The lowest BCUT2D eigenvalue weighted by molar-refractivity contribution is -0.132. The molecular weight excluding hydrogens is 350 g/mol. The van der Waals surface area contributed by atoms with Gasteiger partial charge in [-0.05, 0) is 38.0 Å². The van der Waals surface area contributed by atoms with Crippen molar-refractivity contribution in [1.82, 2.24) is 4.90 Å². The molecule has 1 heterocycles. The van der Waals surface area contributed by atoms with Crippen LogP contribution in [0.3, 0.4) is 0 Å². The van der Waals surface area contributed by atoms with E-state index in [-0.39, 0.29) is 30.6 Å². The van der Waals surface area contributed by atoms with Gasteiger partial charge in [-0.3, -0.25) is 9.59 Å². The molecule has 1 amide bonds. The molecule has 0 unspecified atom stereocenters. The zero-order valence-electron chi connectivity index (χ0n) is 17.0. The molecule has 0 N–H and O–H groups in total. The maximum Gasteiger partial charge on any atom is 0.223 e. The second-order valence-corrected chi connectivity index (χ2v) is 7.76. The minimum Gasteiger partial charge on any atom is -0.490 e. The zero-order valence-corrected chi connectivity index (χ0v) is 17.0. The number of piperidine rings is 1. The fourth-order valence-corrected chi connectivity index (χ4v) is 3.50. The number of aryl methyl sites for hydroxylation is 3. The summed E-state index contributed by atoms with van der Waals surface area (Å²) in [5.41, 5.74) is 4.13. The van der Waals surface area contributed by atoms with Crippen molar-refractivity contribution >= 4 is 11.7 Å². The van der Waals surface area contributed by atoms with Crippen molar-refractivity contribution < 1.29 is 14.3 Å². The highest BCUT2D eigenvalue weighted by Gasteiger charge is 2.24. The van der Waals surface area contributed by atoms with Crippen molar-refractivity contribution in [3.63, 3.8) is 0 Å². The number of ketones is 1. The molecule has 1 aliphatic rings. The van der Waals surface area contributed by atoms with Crippen LogP contribution in [0.2, 0.25) is 0 Å². The second-order valence-electron chi connectivity index (χ2n) is 7.76. The van der Waals surface area contributed by atoms with Crippen molar-refractivity contribution in [2.24, 2.45) is 0 Å². The van der Waals surface area contributed by atoms with Crippen LogP contribution in [0.1, 0.15) is 52.7 Å². The molecule has 1 saturated heterocycles. The van der Waals surface area contributed by atoms with Gasteiger partial charge in [0.2, 0.25) is 5.91 Å². The van der Waals surface area contributed by atoms with E-state index in [4.69, 9.17) is 4.74 Å². The van der Waals surface area contributed by atoms with Gasteiger partial charge in [0.15, 0.2) is 5.78 Å². The molecular formula is C24H29NO3. The van der Waals surface area contributed by atoms with Gasteiger partial charge in [0.05, 0.1) is 0 Å². The molecule has 28 heavy (non-hydrogen) atoms. The Hall–Kier alpha value is -2.62. The molecule has 4 nitrogen and oxygen atoms in total. The topological polar surface area (TPSA) is 46.6 Å². The summed E-state index contributed by atoms with van der Waals surface area (Å²) in [6.45, 7) is 7.48. The van der Waals surface area contributed by atoms with E-state index in [2.05, 4.69) is 32.0 Å². The van der Waals surface area contributed by atoms with Crippen molar-refractivity contribution in [3.8, 4) is 5.75 Å². The quantitative estimate of drug-likeness (QED) is 0.687. The maximum absolute atomic E-state index is 12.5. The van der Waals surface area contributed by atoms with Crippen molar-refractivity contribution in [3.05, 3.63) is 64.7 Å². The van der Waals surface area contributed by atoms with Crippen LogP contribution in [-0.2, 0) is 4.79 Å². The van der Waals surface area contributed by atoms with Crippen molar-refractivity contribution in [2.75, 3.05) is 13.1 Å². The van der Waals surface area contributed by atoms with Crippen LogP contribution in [0.4, 0.5) is 0 Å². The van der Waals surface area contributed by atoms with Crippen LogP contribution >= 0.6 is 0 Å². The van der Waals surface area contributed by atoms with Gasteiger partial charge >= 0.3 is 0 Å². The summed E-state index contributed by atoms with van der Waals surface area (Å²) in [6.07, 6.45) is 2.32. The fraction of sp³-hybridized carbons (Fsp3) is 0.417. The average molecular weight is 380 g/mol. The lowest BCUT2D eigenvalue weighted by Crippen LogP contribution is -2.41. The van der Waals surface area contributed by atoms with Crippen LogP contribution < -0.4 is 4.74 Å². The van der Waals surface area contributed by atoms with Crippen LogP contribution in [0.15, 0.2) is 42.5 Å². The highest BCUT2D eigenvalue weighted by Crippen LogP contribution is 2.24. The van der Waals surface area contributed by atoms with Gasteiger partial charge in [-0.2, -0.15) is 0 Å². The Kier molecular flexibility index (Phi) is 6.50. The molecule has 0 aromatic heterocycles. The number of nitrogens with zero attached hydrogens (tertiary/aromatic N) is 1. The maximum atomic E-state index is 12.5.